The summed E-state index contributed by atoms with van der Waals surface area (Å²) >= 11 is 0. The van der Waals surface area contributed by atoms with Crippen molar-refractivity contribution in [1.29, 1.82) is 0 Å². The highest BCUT2D eigenvalue weighted by atomic mass is 16.4. The lowest BCUT2D eigenvalue weighted by molar-refractivity contribution is -0.145. The lowest BCUT2D eigenvalue weighted by Gasteiger charge is -2.46. The molecule has 4 nitrogen and oxygen atoms in total. The van der Waals surface area contributed by atoms with Crippen molar-refractivity contribution in [2.75, 3.05) is 19.6 Å². The SMILES string of the molecule is CCNC(C)(CN1CCCC2CCCCC21)C(=O)O. The van der Waals surface area contributed by atoms with Gasteiger partial charge < -0.3 is 10.4 Å². The molecule has 0 bridgehead atoms. The molecule has 0 radical (unpaired) electrons. The van der Waals surface area contributed by atoms with E-state index in [-0.39, 0.29) is 0 Å². The molecule has 2 rings (SSSR count). The quantitative estimate of drug-likeness (QED) is 0.801. The van der Waals surface area contributed by atoms with E-state index in [1.54, 1.807) is 0 Å². The van der Waals surface area contributed by atoms with Crippen molar-refractivity contribution in [1.82, 2.24) is 10.2 Å². The van der Waals surface area contributed by atoms with Gasteiger partial charge in [-0.1, -0.05) is 19.8 Å². The van der Waals surface area contributed by atoms with Gasteiger partial charge in [0.25, 0.3) is 0 Å². The van der Waals surface area contributed by atoms with Gasteiger partial charge in [0.2, 0.25) is 0 Å². The third-order valence-corrected chi connectivity index (χ3v) is 4.92. The maximum atomic E-state index is 11.6. The minimum atomic E-state index is -0.811. The summed E-state index contributed by atoms with van der Waals surface area (Å²) in [5, 5.41) is 12.7. The molecule has 1 aliphatic heterocycles. The van der Waals surface area contributed by atoms with Gasteiger partial charge in [-0.25, -0.2) is 0 Å². The summed E-state index contributed by atoms with van der Waals surface area (Å²) in [5.41, 5.74) is -0.811. The molecule has 0 amide bonds. The first kappa shape index (κ1) is 14.8. The molecule has 19 heavy (non-hydrogen) atoms. The van der Waals surface area contributed by atoms with E-state index < -0.39 is 11.5 Å². The molecule has 1 saturated carbocycles. The summed E-state index contributed by atoms with van der Waals surface area (Å²) in [6.45, 7) is 6.20. The van der Waals surface area contributed by atoms with E-state index in [0.717, 1.165) is 12.5 Å². The number of fused-ring (bicyclic) bond motifs is 1. The lowest BCUT2D eigenvalue weighted by atomic mass is 9.78. The fourth-order valence-electron chi connectivity index (χ4n) is 3.92. The fourth-order valence-corrected chi connectivity index (χ4v) is 3.92. The molecule has 0 aromatic rings. The Labute approximate surface area is 116 Å². The van der Waals surface area contributed by atoms with Crippen molar-refractivity contribution in [2.24, 2.45) is 5.92 Å². The number of nitrogens with zero attached hydrogens (tertiary/aromatic N) is 1. The Hall–Kier alpha value is -0.610. The number of aliphatic carboxylic acids is 1. The molecule has 0 aromatic heterocycles. The molecule has 110 valence electrons. The monoisotopic (exact) mass is 268 g/mol. The van der Waals surface area contributed by atoms with Crippen LogP contribution in [0.25, 0.3) is 0 Å². The van der Waals surface area contributed by atoms with Gasteiger partial charge in [0, 0.05) is 12.6 Å². The highest BCUT2D eigenvalue weighted by Crippen LogP contribution is 2.35. The van der Waals surface area contributed by atoms with E-state index in [9.17, 15) is 9.90 Å². The highest BCUT2D eigenvalue weighted by Gasteiger charge is 2.40. The van der Waals surface area contributed by atoms with Gasteiger partial charge in [0.15, 0.2) is 0 Å². The number of hydrogen-bond donors (Lipinski definition) is 2. The van der Waals surface area contributed by atoms with Gasteiger partial charge >= 0.3 is 5.97 Å². The number of hydrogen-bond acceptors (Lipinski definition) is 3. The van der Waals surface area contributed by atoms with Gasteiger partial charge in [0.1, 0.15) is 5.54 Å². The van der Waals surface area contributed by atoms with Crippen molar-refractivity contribution in [3.05, 3.63) is 0 Å². The van der Waals surface area contributed by atoms with Crippen LogP contribution < -0.4 is 5.32 Å². The Morgan fingerprint density at radius 3 is 2.68 bits per heavy atom. The molecule has 1 aliphatic carbocycles. The van der Waals surface area contributed by atoms with Gasteiger partial charge in [-0.15, -0.1) is 0 Å². The Morgan fingerprint density at radius 2 is 2.00 bits per heavy atom. The molecule has 3 unspecified atom stereocenters. The van der Waals surface area contributed by atoms with E-state index in [0.29, 0.717) is 19.1 Å². The molecule has 0 aromatic carbocycles. The van der Waals surface area contributed by atoms with Crippen LogP contribution in [0, 0.1) is 5.92 Å². The molecule has 4 heteroatoms. The van der Waals surface area contributed by atoms with Crippen LogP contribution in [0.1, 0.15) is 52.4 Å². The largest absolute Gasteiger partial charge is 0.480 e. The molecule has 3 atom stereocenters. The predicted octanol–water partition coefficient (Wildman–Crippen LogP) is 2.09. The molecule has 2 aliphatic rings. The van der Waals surface area contributed by atoms with Gasteiger partial charge in [0.05, 0.1) is 0 Å². The first-order chi connectivity index (χ1) is 9.07. The molecule has 0 spiro atoms. The summed E-state index contributed by atoms with van der Waals surface area (Å²) in [4.78, 5) is 14.0. The van der Waals surface area contributed by atoms with E-state index in [2.05, 4.69) is 10.2 Å². The average Bonchev–Trinajstić information content (AvgIpc) is 2.39. The maximum absolute atomic E-state index is 11.6. The predicted molar refractivity (Wildman–Crippen MR) is 76.3 cm³/mol. The Morgan fingerprint density at radius 1 is 1.32 bits per heavy atom. The number of piperidine rings is 1. The zero-order valence-corrected chi connectivity index (χ0v) is 12.3. The van der Waals surface area contributed by atoms with Crippen LogP contribution >= 0.6 is 0 Å². The fraction of sp³-hybridized carbons (Fsp3) is 0.933. The van der Waals surface area contributed by atoms with Crippen molar-refractivity contribution in [2.45, 2.75) is 64.0 Å². The van der Waals surface area contributed by atoms with Crippen molar-refractivity contribution >= 4 is 5.97 Å². The summed E-state index contributed by atoms with van der Waals surface area (Å²) in [7, 11) is 0. The summed E-state index contributed by atoms with van der Waals surface area (Å²) in [6.07, 6.45) is 7.83. The third kappa shape index (κ3) is 3.29. The highest BCUT2D eigenvalue weighted by molar-refractivity contribution is 5.78. The number of rotatable bonds is 5. The minimum absolute atomic E-state index is 0.625. The first-order valence-electron chi connectivity index (χ1n) is 7.79. The van der Waals surface area contributed by atoms with Crippen LogP contribution in [0.3, 0.4) is 0 Å². The molecule has 1 saturated heterocycles. The first-order valence-corrected chi connectivity index (χ1v) is 7.79. The Kier molecular flexibility index (Phi) is 4.85. The van der Waals surface area contributed by atoms with E-state index >= 15 is 0 Å². The maximum Gasteiger partial charge on any atom is 0.324 e. The smallest absolute Gasteiger partial charge is 0.324 e. The van der Waals surface area contributed by atoms with Gasteiger partial charge in [-0.05, 0) is 51.6 Å². The normalized spacial score (nSPS) is 31.5. The molecule has 2 fully saturated rings. The topological polar surface area (TPSA) is 52.6 Å². The number of nitrogens with one attached hydrogen (secondary N) is 1. The average molecular weight is 268 g/mol. The number of carboxylic acid groups (broad SMARTS) is 1. The molecular weight excluding hydrogens is 240 g/mol. The zero-order valence-electron chi connectivity index (χ0n) is 12.3. The lowest BCUT2D eigenvalue weighted by Crippen LogP contribution is -2.60. The number of likely N-dealkylation sites (N-methyl/N-ethyl adjacent to an activating group) is 1. The second kappa shape index (κ2) is 6.23. The Bertz CT molecular complexity index is 319. The van der Waals surface area contributed by atoms with Crippen LogP contribution in [0.5, 0.6) is 0 Å². The minimum Gasteiger partial charge on any atom is -0.480 e. The summed E-state index contributed by atoms with van der Waals surface area (Å²) in [5.74, 6) is 0.0782. The summed E-state index contributed by atoms with van der Waals surface area (Å²) < 4.78 is 0. The van der Waals surface area contributed by atoms with Crippen LogP contribution in [-0.2, 0) is 4.79 Å². The van der Waals surface area contributed by atoms with E-state index in [1.807, 2.05) is 13.8 Å². The molecule has 1 heterocycles. The molecule has 2 N–H and O–H groups in total. The van der Waals surface area contributed by atoms with Crippen LogP contribution in [0.2, 0.25) is 0 Å². The van der Waals surface area contributed by atoms with E-state index in [4.69, 9.17) is 0 Å². The van der Waals surface area contributed by atoms with Crippen molar-refractivity contribution in [3.63, 3.8) is 0 Å². The number of carboxylic acids is 1. The second-order valence-corrected chi connectivity index (χ2v) is 6.39. The van der Waals surface area contributed by atoms with E-state index in [1.165, 1.54) is 38.5 Å². The Balaban J connectivity index is 2.04. The van der Waals surface area contributed by atoms with Crippen LogP contribution in [0.15, 0.2) is 0 Å². The molecular formula is C15H28N2O2. The van der Waals surface area contributed by atoms with Gasteiger partial charge in [-0.3, -0.25) is 9.69 Å². The summed E-state index contributed by atoms with van der Waals surface area (Å²) in [6, 6.07) is 0.625. The van der Waals surface area contributed by atoms with Crippen LogP contribution in [-0.4, -0.2) is 47.2 Å². The second-order valence-electron chi connectivity index (χ2n) is 6.39. The third-order valence-electron chi connectivity index (χ3n) is 4.92. The van der Waals surface area contributed by atoms with Gasteiger partial charge in [-0.2, -0.15) is 0 Å². The number of carbonyl (C=O) groups is 1. The van der Waals surface area contributed by atoms with Crippen molar-refractivity contribution in [3.8, 4) is 0 Å². The van der Waals surface area contributed by atoms with Crippen molar-refractivity contribution < 1.29 is 9.90 Å². The zero-order chi connectivity index (χ0) is 13.9. The standard InChI is InChI=1S/C15H28N2O2/c1-3-16-15(2,14(18)19)11-17-10-6-8-12-7-4-5-9-13(12)17/h12-13,16H,3-11H2,1-2H3,(H,18,19). The van der Waals surface area contributed by atoms with Crippen LogP contribution in [0.4, 0.5) is 0 Å². The number of likely N-dealkylation sites (tertiary alicyclic amines) is 1.